The highest BCUT2D eigenvalue weighted by molar-refractivity contribution is 5.75. The molecule has 1 aliphatic rings. The van der Waals surface area contributed by atoms with Crippen LogP contribution in [-0.4, -0.2) is 18.7 Å². The van der Waals surface area contributed by atoms with Gasteiger partial charge in [-0.2, -0.15) is 0 Å². The monoisotopic (exact) mass is 248 g/mol. The Morgan fingerprint density at radius 3 is 2.61 bits per heavy atom. The Bertz CT molecular complexity index is 399. The van der Waals surface area contributed by atoms with E-state index in [0.717, 1.165) is 24.2 Å². The summed E-state index contributed by atoms with van der Waals surface area (Å²) in [6.45, 7) is 4.60. The van der Waals surface area contributed by atoms with E-state index in [1.165, 1.54) is 0 Å². The van der Waals surface area contributed by atoms with Gasteiger partial charge < -0.3 is 15.4 Å². The topological polar surface area (TPSA) is 50.4 Å². The van der Waals surface area contributed by atoms with Crippen LogP contribution in [0.1, 0.15) is 38.3 Å². The van der Waals surface area contributed by atoms with Crippen LogP contribution >= 0.6 is 0 Å². The van der Waals surface area contributed by atoms with Crippen LogP contribution < -0.4 is 15.4 Å². The van der Waals surface area contributed by atoms with E-state index in [1.54, 1.807) is 0 Å². The van der Waals surface area contributed by atoms with E-state index in [9.17, 15) is 4.79 Å². The molecule has 4 nitrogen and oxygen atoms in total. The fourth-order valence-corrected chi connectivity index (χ4v) is 1.75. The third kappa shape index (κ3) is 3.65. The summed E-state index contributed by atoms with van der Waals surface area (Å²) in [5.74, 6) is 0.857. The molecule has 18 heavy (non-hydrogen) atoms. The van der Waals surface area contributed by atoms with Crippen molar-refractivity contribution >= 4 is 6.03 Å². The van der Waals surface area contributed by atoms with Crippen molar-refractivity contribution in [1.29, 1.82) is 0 Å². The Morgan fingerprint density at radius 1 is 1.39 bits per heavy atom. The molecule has 0 saturated heterocycles. The summed E-state index contributed by atoms with van der Waals surface area (Å²) in [5, 5.41) is 5.84. The predicted octanol–water partition coefficient (Wildman–Crippen LogP) is 2.61. The summed E-state index contributed by atoms with van der Waals surface area (Å²) in [5.41, 5.74) is 1.07. The molecule has 0 unspecified atom stereocenters. The van der Waals surface area contributed by atoms with E-state index in [2.05, 4.69) is 10.6 Å². The second kappa shape index (κ2) is 5.76. The minimum Gasteiger partial charge on any atom is -0.494 e. The number of amides is 2. The number of nitrogens with one attached hydrogen (secondary N) is 2. The van der Waals surface area contributed by atoms with Gasteiger partial charge in [-0.3, -0.25) is 0 Å². The molecule has 0 radical (unpaired) electrons. The lowest BCUT2D eigenvalue weighted by Gasteiger charge is -2.15. The van der Waals surface area contributed by atoms with Gasteiger partial charge in [0.25, 0.3) is 0 Å². The largest absolute Gasteiger partial charge is 0.494 e. The molecule has 2 N–H and O–H groups in total. The van der Waals surface area contributed by atoms with Gasteiger partial charge in [0, 0.05) is 6.04 Å². The van der Waals surface area contributed by atoms with Crippen LogP contribution in [0.15, 0.2) is 24.3 Å². The summed E-state index contributed by atoms with van der Waals surface area (Å²) in [7, 11) is 0. The summed E-state index contributed by atoms with van der Waals surface area (Å²) in [4.78, 5) is 11.6. The smallest absolute Gasteiger partial charge is 0.315 e. The van der Waals surface area contributed by atoms with Crippen LogP contribution in [0, 0.1) is 0 Å². The lowest BCUT2D eigenvalue weighted by molar-refractivity contribution is 0.237. The van der Waals surface area contributed by atoms with Crippen LogP contribution in [0.25, 0.3) is 0 Å². The number of hydrogen-bond acceptors (Lipinski definition) is 2. The molecule has 2 rings (SSSR count). The van der Waals surface area contributed by atoms with Gasteiger partial charge in [-0.05, 0) is 44.4 Å². The van der Waals surface area contributed by atoms with Crippen molar-refractivity contribution in [3.05, 3.63) is 29.8 Å². The average molecular weight is 248 g/mol. The number of carbonyl (C=O) groups is 1. The molecule has 0 bridgehead atoms. The van der Waals surface area contributed by atoms with Crippen molar-refractivity contribution in [2.45, 2.75) is 38.8 Å². The highest BCUT2D eigenvalue weighted by atomic mass is 16.5. The van der Waals surface area contributed by atoms with E-state index < -0.39 is 0 Å². The normalized spacial score (nSPS) is 15.9. The molecule has 0 aromatic heterocycles. The van der Waals surface area contributed by atoms with Gasteiger partial charge in [0.05, 0.1) is 12.6 Å². The first-order chi connectivity index (χ1) is 8.69. The number of hydrogen-bond donors (Lipinski definition) is 2. The van der Waals surface area contributed by atoms with Crippen LogP contribution in [0.3, 0.4) is 0 Å². The van der Waals surface area contributed by atoms with Crippen molar-refractivity contribution in [1.82, 2.24) is 10.6 Å². The molecule has 1 aromatic rings. The second-order valence-electron chi connectivity index (χ2n) is 4.62. The maximum Gasteiger partial charge on any atom is 0.315 e. The number of ether oxygens (including phenoxy) is 1. The maximum atomic E-state index is 11.6. The van der Waals surface area contributed by atoms with Crippen LogP contribution in [0.2, 0.25) is 0 Å². The molecule has 0 heterocycles. The Morgan fingerprint density at radius 2 is 2.06 bits per heavy atom. The van der Waals surface area contributed by atoms with Gasteiger partial charge in [0.15, 0.2) is 0 Å². The van der Waals surface area contributed by atoms with Gasteiger partial charge in [-0.25, -0.2) is 4.79 Å². The Labute approximate surface area is 108 Å². The van der Waals surface area contributed by atoms with E-state index in [1.807, 2.05) is 38.1 Å². The molecule has 98 valence electrons. The SMILES string of the molecule is CCOc1ccc([C@@H](C)NC(=O)NC2CC2)cc1. The molecular weight excluding hydrogens is 228 g/mol. The molecule has 2 amide bonds. The standard InChI is InChI=1S/C14H20N2O2/c1-3-18-13-8-4-11(5-9-13)10(2)15-14(17)16-12-6-7-12/h4-5,8-10,12H,3,6-7H2,1-2H3,(H2,15,16,17)/t10-/m1/s1. The first kappa shape index (κ1) is 12.7. The first-order valence-electron chi connectivity index (χ1n) is 6.49. The molecule has 1 aliphatic carbocycles. The molecule has 4 heteroatoms. The van der Waals surface area contributed by atoms with E-state index >= 15 is 0 Å². The maximum absolute atomic E-state index is 11.6. The highest BCUT2D eigenvalue weighted by Crippen LogP contribution is 2.20. The summed E-state index contributed by atoms with van der Waals surface area (Å²) in [6.07, 6.45) is 2.20. The lowest BCUT2D eigenvalue weighted by Crippen LogP contribution is -2.38. The minimum absolute atomic E-state index is 0.000531. The molecule has 0 spiro atoms. The van der Waals surface area contributed by atoms with E-state index in [4.69, 9.17) is 4.74 Å². The summed E-state index contributed by atoms with van der Waals surface area (Å²) in [6, 6.07) is 8.11. The quantitative estimate of drug-likeness (QED) is 0.841. The Hall–Kier alpha value is -1.71. The fraction of sp³-hybridized carbons (Fsp3) is 0.500. The average Bonchev–Trinajstić information content (AvgIpc) is 3.14. The molecule has 1 fully saturated rings. The second-order valence-corrected chi connectivity index (χ2v) is 4.62. The molecule has 1 atom stereocenters. The summed E-state index contributed by atoms with van der Waals surface area (Å²) >= 11 is 0. The Balaban J connectivity index is 1.86. The van der Waals surface area contributed by atoms with Crippen molar-refractivity contribution < 1.29 is 9.53 Å². The zero-order valence-corrected chi connectivity index (χ0v) is 10.9. The third-order valence-corrected chi connectivity index (χ3v) is 2.95. The van der Waals surface area contributed by atoms with Gasteiger partial charge in [-0.1, -0.05) is 12.1 Å². The number of urea groups is 1. The third-order valence-electron chi connectivity index (χ3n) is 2.95. The van der Waals surface area contributed by atoms with Crippen LogP contribution in [0.5, 0.6) is 5.75 Å². The van der Waals surface area contributed by atoms with Crippen molar-refractivity contribution in [2.75, 3.05) is 6.61 Å². The van der Waals surface area contributed by atoms with E-state index in [-0.39, 0.29) is 12.1 Å². The fourth-order valence-electron chi connectivity index (χ4n) is 1.75. The van der Waals surface area contributed by atoms with Crippen LogP contribution in [-0.2, 0) is 0 Å². The predicted molar refractivity (Wildman–Crippen MR) is 70.7 cm³/mol. The van der Waals surface area contributed by atoms with Gasteiger partial charge in [-0.15, -0.1) is 0 Å². The number of rotatable bonds is 5. The molecule has 0 aliphatic heterocycles. The highest BCUT2D eigenvalue weighted by Gasteiger charge is 2.23. The van der Waals surface area contributed by atoms with Crippen molar-refractivity contribution in [3.63, 3.8) is 0 Å². The van der Waals surface area contributed by atoms with E-state index in [0.29, 0.717) is 12.6 Å². The zero-order valence-electron chi connectivity index (χ0n) is 10.9. The first-order valence-corrected chi connectivity index (χ1v) is 6.49. The van der Waals surface area contributed by atoms with Crippen molar-refractivity contribution in [3.8, 4) is 5.75 Å². The lowest BCUT2D eigenvalue weighted by atomic mass is 10.1. The number of benzene rings is 1. The van der Waals surface area contributed by atoms with Gasteiger partial charge in [0.1, 0.15) is 5.75 Å². The zero-order chi connectivity index (χ0) is 13.0. The molecule has 1 aromatic carbocycles. The van der Waals surface area contributed by atoms with Crippen LogP contribution in [0.4, 0.5) is 4.79 Å². The number of carbonyl (C=O) groups excluding carboxylic acids is 1. The van der Waals surface area contributed by atoms with Crippen molar-refractivity contribution in [2.24, 2.45) is 0 Å². The van der Waals surface area contributed by atoms with Gasteiger partial charge in [0.2, 0.25) is 0 Å². The minimum atomic E-state index is -0.0844. The molecular formula is C14H20N2O2. The summed E-state index contributed by atoms with van der Waals surface area (Å²) < 4.78 is 5.38. The van der Waals surface area contributed by atoms with Gasteiger partial charge >= 0.3 is 6.03 Å². The Kier molecular flexibility index (Phi) is 4.07. The molecule has 1 saturated carbocycles.